The number of nitrogens with one attached hydrogen (secondary N) is 1. The lowest BCUT2D eigenvalue weighted by molar-refractivity contribution is 0.815. The van der Waals surface area contributed by atoms with Crippen molar-refractivity contribution in [2.75, 3.05) is 5.32 Å². The van der Waals surface area contributed by atoms with Crippen LogP contribution in [0.3, 0.4) is 0 Å². The summed E-state index contributed by atoms with van der Waals surface area (Å²) >= 11 is 7.55. The van der Waals surface area contributed by atoms with E-state index >= 15 is 0 Å². The second kappa shape index (κ2) is 5.94. The molecule has 6 nitrogen and oxygen atoms in total. The zero-order valence-corrected chi connectivity index (χ0v) is 13.4. The number of aromatic nitrogens is 5. The molecular formula is C15H11ClN6S. The van der Waals surface area contributed by atoms with Crippen LogP contribution in [0.4, 0.5) is 5.82 Å². The van der Waals surface area contributed by atoms with Gasteiger partial charge >= 0.3 is 0 Å². The first-order chi connectivity index (χ1) is 11.3. The molecule has 0 aliphatic rings. The minimum atomic E-state index is 0.462. The highest BCUT2D eigenvalue weighted by Gasteiger charge is 2.12. The molecule has 0 saturated heterocycles. The average Bonchev–Trinajstić information content (AvgIpc) is 3.21. The Morgan fingerprint density at radius 1 is 1.17 bits per heavy atom. The number of benzene rings is 1. The molecule has 0 unspecified atom stereocenters. The maximum absolute atomic E-state index is 6.14. The molecule has 1 aromatic carbocycles. The standard InChI is InChI=1S/C15H11ClN6S/c16-12-6-11-13(18-7-10-4-2-1-3-5-10)20-15(21-14(11)23-12)22-9-17-8-19-22/h1-6,8-9H,7H2,(H,18,20,21). The minimum absolute atomic E-state index is 0.462. The lowest BCUT2D eigenvalue weighted by atomic mass is 10.2. The molecule has 8 heteroatoms. The van der Waals surface area contributed by atoms with Gasteiger partial charge in [0.25, 0.3) is 5.95 Å². The molecule has 0 aliphatic carbocycles. The Morgan fingerprint density at radius 3 is 2.83 bits per heavy atom. The van der Waals surface area contributed by atoms with E-state index in [4.69, 9.17) is 11.6 Å². The highest BCUT2D eigenvalue weighted by atomic mass is 35.5. The number of fused-ring (bicyclic) bond motifs is 1. The normalized spacial score (nSPS) is 11.0. The van der Waals surface area contributed by atoms with E-state index in [0.717, 1.165) is 16.0 Å². The van der Waals surface area contributed by atoms with E-state index in [1.807, 2.05) is 24.3 Å². The Morgan fingerprint density at radius 2 is 2.04 bits per heavy atom. The Bertz CT molecular complexity index is 935. The van der Waals surface area contributed by atoms with Crippen LogP contribution >= 0.6 is 22.9 Å². The van der Waals surface area contributed by atoms with Gasteiger partial charge in [0.15, 0.2) is 0 Å². The van der Waals surface area contributed by atoms with Crippen LogP contribution in [-0.2, 0) is 6.54 Å². The van der Waals surface area contributed by atoms with E-state index in [0.29, 0.717) is 16.8 Å². The monoisotopic (exact) mass is 342 g/mol. The quantitative estimate of drug-likeness (QED) is 0.614. The van der Waals surface area contributed by atoms with Gasteiger partial charge in [0.05, 0.1) is 9.72 Å². The third-order valence-corrected chi connectivity index (χ3v) is 4.44. The Hall–Kier alpha value is -2.51. The first-order valence-electron chi connectivity index (χ1n) is 6.89. The van der Waals surface area contributed by atoms with Crippen molar-refractivity contribution < 1.29 is 0 Å². The lowest BCUT2D eigenvalue weighted by Gasteiger charge is -2.08. The largest absolute Gasteiger partial charge is 0.365 e. The fourth-order valence-corrected chi connectivity index (χ4v) is 3.29. The second-order valence-corrected chi connectivity index (χ2v) is 6.48. The Balaban J connectivity index is 1.74. The summed E-state index contributed by atoms with van der Waals surface area (Å²) in [6.07, 6.45) is 3.02. The number of nitrogens with zero attached hydrogens (tertiary/aromatic N) is 5. The van der Waals surface area contributed by atoms with E-state index in [1.54, 1.807) is 6.33 Å². The summed E-state index contributed by atoms with van der Waals surface area (Å²) in [5.74, 6) is 1.19. The van der Waals surface area contributed by atoms with Crippen molar-refractivity contribution in [3.63, 3.8) is 0 Å². The molecule has 114 valence electrons. The highest BCUT2D eigenvalue weighted by molar-refractivity contribution is 7.22. The fourth-order valence-electron chi connectivity index (χ4n) is 2.21. The summed E-state index contributed by atoms with van der Waals surface area (Å²) in [7, 11) is 0. The molecule has 0 radical (unpaired) electrons. The third kappa shape index (κ3) is 2.88. The van der Waals surface area contributed by atoms with Crippen molar-refractivity contribution in [1.82, 2.24) is 24.7 Å². The van der Waals surface area contributed by atoms with Gasteiger partial charge in [-0.25, -0.2) is 4.98 Å². The maximum Gasteiger partial charge on any atom is 0.255 e. The first-order valence-corrected chi connectivity index (χ1v) is 8.09. The van der Waals surface area contributed by atoms with Gasteiger partial charge in [-0.15, -0.1) is 11.3 Å². The number of rotatable bonds is 4. The third-order valence-electron chi connectivity index (χ3n) is 3.28. The summed E-state index contributed by atoms with van der Waals surface area (Å²) in [6, 6.07) is 12.0. The molecule has 0 atom stereocenters. The molecule has 0 spiro atoms. The van der Waals surface area contributed by atoms with Crippen LogP contribution in [0.25, 0.3) is 16.2 Å². The SMILES string of the molecule is Clc1cc2c(NCc3ccccc3)nc(-n3cncn3)nc2s1. The van der Waals surface area contributed by atoms with Gasteiger partial charge in [-0.1, -0.05) is 41.9 Å². The van der Waals surface area contributed by atoms with Gasteiger partial charge in [-0.2, -0.15) is 19.7 Å². The van der Waals surface area contributed by atoms with Gasteiger partial charge < -0.3 is 5.32 Å². The van der Waals surface area contributed by atoms with E-state index in [9.17, 15) is 0 Å². The number of anilines is 1. The Kier molecular flexibility index (Phi) is 3.64. The van der Waals surface area contributed by atoms with E-state index in [-0.39, 0.29) is 0 Å². The van der Waals surface area contributed by atoms with Gasteiger partial charge in [0, 0.05) is 6.54 Å². The average molecular weight is 343 g/mol. The van der Waals surface area contributed by atoms with E-state index in [2.05, 4.69) is 37.5 Å². The predicted octanol–water partition coefficient (Wildman–Crippen LogP) is 3.54. The van der Waals surface area contributed by atoms with Gasteiger partial charge in [0.2, 0.25) is 0 Å². The molecule has 23 heavy (non-hydrogen) atoms. The van der Waals surface area contributed by atoms with Crippen molar-refractivity contribution in [3.05, 3.63) is 59.0 Å². The molecule has 4 rings (SSSR count). The van der Waals surface area contributed by atoms with Crippen LogP contribution in [-0.4, -0.2) is 24.7 Å². The summed E-state index contributed by atoms with van der Waals surface area (Å²) in [6.45, 7) is 0.664. The van der Waals surface area contributed by atoms with Gasteiger partial charge in [-0.3, -0.25) is 0 Å². The molecule has 0 amide bonds. The van der Waals surface area contributed by atoms with Crippen LogP contribution in [0.5, 0.6) is 0 Å². The molecule has 0 saturated carbocycles. The second-order valence-electron chi connectivity index (χ2n) is 4.82. The summed E-state index contributed by atoms with van der Waals surface area (Å²) in [5.41, 5.74) is 1.17. The van der Waals surface area contributed by atoms with Crippen LogP contribution in [0.15, 0.2) is 49.1 Å². The van der Waals surface area contributed by atoms with Gasteiger partial charge in [-0.05, 0) is 11.6 Å². The summed E-state index contributed by atoms with van der Waals surface area (Å²) < 4.78 is 2.20. The molecular weight excluding hydrogens is 332 g/mol. The van der Waals surface area contributed by atoms with Crippen molar-refractivity contribution in [2.24, 2.45) is 0 Å². The van der Waals surface area contributed by atoms with Crippen molar-refractivity contribution >= 4 is 39.0 Å². The zero-order chi connectivity index (χ0) is 15.6. The smallest absolute Gasteiger partial charge is 0.255 e. The number of thiophene rings is 1. The first kappa shape index (κ1) is 14.1. The van der Waals surface area contributed by atoms with Crippen molar-refractivity contribution in [2.45, 2.75) is 6.54 Å². The fraction of sp³-hybridized carbons (Fsp3) is 0.0667. The predicted molar refractivity (Wildman–Crippen MR) is 91.1 cm³/mol. The highest BCUT2D eigenvalue weighted by Crippen LogP contribution is 2.32. The molecule has 0 bridgehead atoms. The minimum Gasteiger partial charge on any atom is -0.365 e. The van der Waals surface area contributed by atoms with Crippen LogP contribution in [0.1, 0.15) is 5.56 Å². The molecule has 3 aromatic heterocycles. The lowest BCUT2D eigenvalue weighted by Crippen LogP contribution is -2.07. The topological polar surface area (TPSA) is 68.5 Å². The number of hydrogen-bond donors (Lipinski definition) is 1. The number of hydrogen-bond acceptors (Lipinski definition) is 6. The molecule has 0 aliphatic heterocycles. The number of halogens is 1. The van der Waals surface area contributed by atoms with Gasteiger partial charge in [0.1, 0.15) is 23.3 Å². The summed E-state index contributed by atoms with van der Waals surface area (Å²) in [5, 5.41) is 8.34. The molecule has 4 aromatic rings. The molecule has 1 N–H and O–H groups in total. The zero-order valence-electron chi connectivity index (χ0n) is 11.8. The van der Waals surface area contributed by atoms with E-state index in [1.165, 1.54) is 27.9 Å². The van der Waals surface area contributed by atoms with Crippen LogP contribution in [0.2, 0.25) is 4.34 Å². The van der Waals surface area contributed by atoms with Crippen LogP contribution in [0, 0.1) is 0 Å². The van der Waals surface area contributed by atoms with Crippen molar-refractivity contribution in [3.8, 4) is 5.95 Å². The van der Waals surface area contributed by atoms with E-state index < -0.39 is 0 Å². The molecule has 3 heterocycles. The van der Waals surface area contributed by atoms with Crippen molar-refractivity contribution in [1.29, 1.82) is 0 Å². The van der Waals surface area contributed by atoms with Crippen LogP contribution < -0.4 is 5.32 Å². The molecule has 0 fully saturated rings. The maximum atomic E-state index is 6.14. The Labute approximate surface area is 140 Å². The summed E-state index contributed by atoms with van der Waals surface area (Å²) in [4.78, 5) is 13.8.